The lowest BCUT2D eigenvalue weighted by molar-refractivity contribution is -0.138. The van der Waals surface area contributed by atoms with Crippen LogP contribution in [0, 0.1) is 0 Å². The Kier molecular flexibility index (Phi) is 3.52. The molecule has 2 heterocycles. The lowest BCUT2D eigenvalue weighted by Gasteiger charge is -2.42. The van der Waals surface area contributed by atoms with Gasteiger partial charge in [0.1, 0.15) is 6.17 Å². The van der Waals surface area contributed by atoms with Crippen LogP contribution in [0.25, 0.3) is 0 Å². The van der Waals surface area contributed by atoms with E-state index < -0.39 is 28.1 Å². The molecule has 0 saturated carbocycles. The number of carbonyl (C=O) groups excluding carboxylic acids is 2. The van der Waals surface area contributed by atoms with Crippen molar-refractivity contribution in [1.29, 1.82) is 0 Å². The molecule has 2 aromatic carbocycles. The fraction of sp³-hybridized carbons (Fsp3) is 0.222. The first-order chi connectivity index (χ1) is 11.9. The SMILES string of the molecule is CS(=O)(=O)N1[C@@H](c2ccccc2)CC(=O)N2C(=O)c3ccccc3[C@@H]21. The molecule has 0 radical (unpaired) electrons. The van der Waals surface area contributed by atoms with Crippen LogP contribution in [-0.2, 0) is 14.8 Å². The van der Waals surface area contributed by atoms with Crippen LogP contribution in [0.2, 0.25) is 0 Å². The Labute approximate surface area is 145 Å². The largest absolute Gasteiger partial charge is 0.274 e. The second-order valence-corrected chi connectivity index (χ2v) is 8.14. The Morgan fingerprint density at radius 1 is 0.960 bits per heavy atom. The Bertz CT molecular complexity index is 972. The Balaban J connectivity index is 1.93. The van der Waals surface area contributed by atoms with E-state index in [2.05, 4.69) is 0 Å². The van der Waals surface area contributed by atoms with E-state index in [4.69, 9.17) is 0 Å². The van der Waals surface area contributed by atoms with E-state index in [1.165, 1.54) is 4.31 Å². The van der Waals surface area contributed by atoms with Crippen LogP contribution in [0.1, 0.15) is 40.1 Å². The second kappa shape index (κ2) is 5.50. The number of hydrogen-bond acceptors (Lipinski definition) is 4. The van der Waals surface area contributed by atoms with Crippen molar-refractivity contribution in [2.45, 2.75) is 18.6 Å². The van der Waals surface area contributed by atoms with Gasteiger partial charge in [-0.3, -0.25) is 14.5 Å². The highest BCUT2D eigenvalue weighted by Crippen LogP contribution is 2.46. The number of carbonyl (C=O) groups is 2. The van der Waals surface area contributed by atoms with E-state index in [1.807, 2.05) is 6.07 Å². The van der Waals surface area contributed by atoms with Crippen LogP contribution in [0.15, 0.2) is 54.6 Å². The number of imide groups is 1. The first-order valence-electron chi connectivity index (χ1n) is 7.88. The number of amides is 2. The lowest BCUT2D eigenvalue weighted by atomic mass is 9.99. The van der Waals surface area contributed by atoms with Gasteiger partial charge in [0.15, 0.2) is 0 Å². The molecular weight excluding hydrogens is 340 g/mol. The zero-order valence-corrected chi connectivity index (χ0v) is 14.3. The van der Waals surface area contributed by atoms with Crippen LogP contribution < -0.4 is 0 Å². The minimum absolute atomic E-state index is 0.0622. The van der Waals surface area contributed by atoms with E-state index >= 15 is 0 Å². The van der Waals surface area contributed by atoms with Gasteiger partial charge in [0.05, 0.1) is 12.3 Å². The molecule has 6 nitrogen and oxygen atoms in total. The predicted octanol–water partition coefficient (Wildman–Crippen LogP) is 2.07. The first kappa shape index (κ1) is 16.0. The molecule has 2 amide bonds. The molecule has 2 atom stereocenters. The molecule has 2 aliphatic heterocycles. The molecule has 2 aromatic rings. The van der Waals surface area contributed by atoms with Crippen LogP contribution in [0.3, 0.4) is 0 Å². The van der Waals surface area contributed by atoms with Gasteiger partial charge in [-0.1, -0.05) is 48.5 Å². The normalized spacial score (nSPS) is 23.5. The summed E-state index contributed by atoms with van der Waals surface area (Å²) in [6.07, 6.45) is 0.125. The average molecular weight is 356 g/mol. The molecule has 0 unspecified atom stereocenters. The predicted molar refractivity (Wildman–Crippen MR) is 90.8 cm³/mol. The van der Waals surface area contributed by atoms with Crippen LogP contribution in [0.4, 0.5) is 0 Å². The number of nitrogens with zero attached hydrogens (tertiary/aromatic N) is 2. The second-order valence-electron chi connectivity index (χ2n) is 6.25. The lowest BCUT2D eigenvalue weighted by Crippen LogP contribution is -2.52. The maximum Gasteiger partial charge on any atom is 0.262 e. The molecule has 0 N–H and O–H groups in total. The van der Waals surface area contributed by atoms with Crippen molar-refractivity contribution >= 4 is 21.8 Å². The van der Waals surface area contributed by atoms with Gasteiger partial charge >= 0.3 is 0 Å². The van der Waals surface area contributed by atoms with E-state index in [9.17, 15) is 18.0 Å². The maximum atomic E-state index is 12.7. The van der Waals surface area contributed by atoms with Crippen LogP contribution in [0.5, 0.6) is 0 Å². The molecule has 0 bridgehead atoms. The average Bonchev–Trinajstić information content (AvgIpc) is 2.88. The zero-order chi connectivity index (χ0) is 17.8. The van der Waals surface area contributed by atoms with E-state index in [1.54, 1.807) is 48.5 Å². The monoisotopic (exact) mass is 356 g/mol. The standard InChI is InChI=1S/C18H16N2O4S/c1-25(23,24)20-15(12-7-3-2-4-8-12)11-16(21)19-17(20)13-9-5-6-10-14(13)18(19)22/h2-10,15,17H,11H2,1H3/t15-,17+/m1/s1. The smallest absolute Gasteiger partial charge is 0.262 e. The maximum absolute atomic E-state index is 12.7. The van der Waals surface area contributed by atoms with Crippen molar-refractivity contribution < 1.29 is 18.0 Å². The van der Waals surface area contributed by atoms with Crippen molar-refractivity contribution in [2.24, 2.45) is 0 Å². The summed E-state index contributed by atoms with van der Waals surface area (Å²) >= 11 is 0. The molecule has 4 rings (SSSR count). The van der Waals surface area contributed by atoms with Gasteiger partial charge in [-0.05, 0) is 11.6 Å². The minimum atomic E-state index is -3.68. The first-order valence-corrected chi connectivity index (χ1v) is 9.73. The molecule has 0 aromatic heterocycles. The van der Waals surface area contributed by atoms with Gasteiger partial charge in [0, 0.05) is 17.5 Å². The summed E-state index contributed by atoms with van der Waals surface area (Å²) in [5.41, 5.74) is 1.66. The van der Waals surface area contributed by atoms with E-state index in [0.717, 1.165) is 16.7 Å². The summed E-state index contributed by atoms with van der Waals surface area (Å²) in [7, 11) is -3.68. The molecular formula is C18H16N2O4S. The van der Waals surface area contributed by atoms with Crippen molar-refractivity contribution in [2.75, 3.05) is 6.26 Å². The number of benzene rings is 2. The van der Waals surface area contributed by atoms with Crippen molar-refractivity contribution in [3.8, 4) is 0 Å². The summed E-state index contributed by atoms with van der Waals surface area (Å²) in [5.74, 6) is -0.800. The molecule has 7 heteroatoms. The Morgan fingerprint density at radius 3 is 2.28 bits per heavy atom. The minimum Gasteiger partial charge on any atom is -0.274 e. The molecule has 2 aliphatic rings. The molecule has 128 valence electrons. The molecule has 1 saturated heterocycles. The van der Waals surface area contributed by atoms with Gasteiger partial charge < -0.3 is 0 Å². The quantitative estimate of drug-likeness (QED) is 0.772. The summed E-state index contributed by atoms with van der Waals surface area (Å²) in [6, 6.07) is 15.2. The molecule has 25 heavy (non-hydrogen) atoms. The van der Waals surface area contributed by atoms with Gasteiger partial charge in [-0.15, -0.1) is 0 Å². The summed E-state index contributed by atoms with van der Waals surface area (Å²) in [4.78, 5) is 26.4. The number of hydrogen-bond donors (Lipinski definition) is 0. The third-order valence-electron chi connectivity index (χ3n) is 4.68. The fourth-order valence-corrected chi connectivity index (χ4v) is 4.90. The van der Waals surface area contributed by atoms with Crippen LogP contribution in [-0.4, -0.2) is 35.7 Å². The van der Waals surface area contributed by atoms with E-state index in [-0.39, 0.29) is 12.3 Å². The van der Waals surface area contributed by atoms with Gasteiger partial charge in [-0.2, -0.15) is 4.31 Å². The van der Waals surface area contributed by atoms with E-state index in [0.29, 0.717) is 11.1 Å². The topological polar surface area (TPSA) is 74.8 Å². The van der Waals surface area contributed by atoms with Crippen LogP contribution >= 0.6 is 0 Å². The van der Waals surface area contributed by atoms with Crippen molar-refractivity contribution in [3.63, 3.8) is 0 Å². The summed E-state index contributed by atoms with van der Waals surface area (Å²) in [6.45, 7) is 0. The molecule has 0 aliphatic carbocycles. The highest BCUT2D eigenvalue weighted by Gasteiger charge is 2.53. The van der Waals surface area contributed by atoms with Gasteiger partial charge in [0.25, 0.3) is 5.91 Å². The fourth-order valence-electron chi connectivity index (χ4n) is 3.67. The number of sulfonamides is 1. The number of rotatable bonds is 2. The molecule has 1 fully saturated rings. The van der Waals surface area contributed by atoms with Gasteiger partial charge in [-0.25, -0.2) is 8.42 Å². The summed E-state index contributed by atoms with van der Waals surface area (Å²) < 4.78 is 26.5. The molecule has 0 spiro atoms. The van der Waals surface area contributed by atoms with Crippen molar-refractivity contribution in [1.82, 2.24) is 9.21 Å². The summed E-state index contributed by atoms with van der Waals surface area (Å²) in [5, 5.41) is 0. The Hall–Kier alpha value is -2.51. The highest BCUT2D eigenvalue weighted by atomic mass is 32.2. The highest BCUT2D eigenvalue weighted by molar-refractivity contribution is 7.88. The third-order valence-corrected chi connectivity index (χ3v) is 5.91. The van der Waals surface area contributed by atoms with Crippen molar-refractivity contribution in [3.05, 3.63) is 71.3 Å². The van der Waals surface area contributed by atoms with Gasteiger partial charge in [0.2, 0.25) is 15.9 Å². The zero-order valence-electron chi connectivity index (χ0n) is 13.5. The number of fused-ring (bicyclic) bond motifs is 3. The third kappa shape index (κ3) is 2.39. The Morgan fingerprint density at radius 2 is 1.60 bits per heavy atom.